The van der Waals surface area contributed by atoms with Crippen molar-refractivity contribution in [2.24, 2.45) is 5.73 Å². The van der Waals surface area contributed by atoms with Gasteiger partial charge in [-0.2, -0.15) is 0 Å². The lowest BCUT2D eigenvalue weighted by atomic mass is 9.77. The molecule has 1 aromatic carbocycles. The molecule has 0 aliphatic heterocycles. The number of aromatic nitrogens is 1. The number of carbonyl (C=O) groups excluding carboxylic acids is 1. The molecule has 2 rings (SSSR count). The van der Waals surface area contributed by atoms with E-state index in [2.05, 4.69) is 4.98 Å². The molecule has 0 aliphatic rings. The standard InChI is InChI=1S/C9H9BN2O3/c11-9(13)6-1-2-7(10(14)15)5-3-4-12-8(5)6/h1-4,12,14-15H,(H2,11,13). The summed E-state index contributed by atoms with van der Waals surface area (Å²) in [4.78, 5) is 13.9. The Bertz CT molecular complexity index is 521. The molecular formula is C9H9BN2O3. The van der Waals surface area contributed by atoms with Gasteiger partial charge in [0.1, 0.15) is 0 Å². The molecule has 0 spiro atoms. The summed E-state index contributed by atoms with van der Waals surface area (Å²) in [6, 6.07) is 4.60. The largest absolute Gasteiger partial charge is 0.489 e. The van der Waals surface area contributed by atoms with Gasteiger partial charge in [0.15, 0.2) is 0 Å². The maximum absolute atomic E-state index is 11.1. The molecule has 0 atom stereocenters. The lowest BCUT2D eigenvalue weighted by Gasteiger charge is -2.04. The van der Waals surface area contributed by atoms with Crippen LogP contribution < -0.4 is 11.2 Å². The summed E-state index contributed by atoms with van der Waals surface area (Å²) >= 11 is 0. The van der Waals surface area contributed by atoms with Crippen molar-refractivity contribution < 1.29 is 14.8 Å². The van der Waals surface area contributed by atoms with Crippen LogP contribution in [0.3, 0.4) is 0 Å². The van der Waals surface area contributed by atoms with Gasteiger partial charge in [-0.05, 0) is 23.0 Å². The quantitative estimate of drug-likeness (QED) is 0.469. The van der Waals surface area contributed by atoms with E-state index in [0.717, 1.165) is 0 Å². The lowest BCUT2D eigenvalue weighted by Crippen LogP contribution is -2.30. The second-order valence-electron chi connectivity index (χ2n) is 3.21. The van der Waals surface area contributed by atoms with Crippen LogP contribution in [0.1, 0.15) is 10.4 Å². The van der Waals surface area contributed by atoms with Gasteiger partial charge in [-0.3, -0.25) is 4.79 Å². The fraction of sp³-hybridized carbons (Fsp3) is 0. The highest BCUT2D eigenvalue weighted by Gasteiger charge is 2.18. The van der Waals surface area contributed by atoms with E-state index < -0.39 is 13.0 Å². The molecule has 1 heterocycles. The number of fused-ring (bicyclic) bond motifs is 1. The first-order chi connectivity index (χ1) is 7.11. The lowest BCUT2D eigenvalue weighted by molar-refractivity contribution is 0.100. The first-order valence-corrected chi connectivity index (χ1v) is 4.37. The number of rotatable bonds is 2. The van der Waals surface area contributed by atoms with E-state index in [9.17, 15) is 4.79 Å². The molecule has 5 nitrogen and oxygen atoms in total. The topological polar surface area (TPSA) is 99.3 Å². The number of amides is 1. The fourth-order valence-corrected chi connectivity index (χ4v) is 1.61. The van der Waals surface area contributed by atoms with E-state index in [-0.39, 0.29) is 0 Å². The number of aromatic amines is 1. The molecule has 2 aromatic rings. The third-order valence-corrected chi connectivity index (χ3v) is 2.30. The Hall–Kier alpha value is -1.79. The Kier molecular flexibility index (Phi) is 2.22. The van der Waals surface area contributed by atoms with Crippen molar-refractivity contribution in [2.75, 3.05) is 0 Å². The van der Waals surface area contributed by atoms with Crippen molar-refractivity contribution in [3.05, 3.63) is 30.0 Å². The molecule has 0 unspecified atom stereocenters. The van der Waals surface area contributed by atoms with Crippen LogP contribution in [0.4, 0.5) is 0 Å². The first kappa shape index (κ1) is 9.76. The number of hydrogen-bond donors (Lipinski definition) is 4. The molecule has 5 N–H and O–H groups in total. The number of H-pyrrole nitrogens is 1. The second kappa shape index (κ2) is 3.41. The van der Waals surface area contributed by atoms with E-state index in [4.69, 9.17) is 15.8 Å². The van der Waals surface area contributed by atoms with Gasteiger partial charge in [0, 0.05) is 6.20 Å². The summed E-state index contributed by atoms with van der Waals surface area (Å²) in [5, 5.41) is 18.8. The molecule has 0 fully saturated rings. The van der Waals surface area contributed by atoms with Crippen molar-refractivity contribution in [2.45, 2.75) is 0 Å². The number of nitrogens with one attached hydrogen (secondary N) is 1. The van der Waals surface area contributed by atoms with Crippen molar-refractivity contribution in [3.63, 3.8) is 0 Å². The molecule has 0 radical (unpaired) electrons. The van der Waals surface area contributed by atoms with E-state index in [1.807, 2.05) is 0 Å². The maximum Gasteiger partial charge on any atom is 0.489 e. The van der Waals surface area contributed by atoms with Gasteiger partial charge in [0.2, 0.25) is 0 Å². The average molecular weight is 204 g/mol. The highest BCUT2D eigenvalue weighted by atomic mass is 16.4. The van der Waals surface area contributed by atoms with Crippen LogP contribution in [0, 0.1) is 0 Å². The Morgan fingerprint density at radius 1 is 1.33 bits per heavy atom. The van der Waals surface area contributed by atoms with Gasteiger partial charge in [-0.1, -0.05) is 6.07 Å². The van der Waals surface area contributed by atoms with E-state index >= 15 is 0 Å². The third-order valence-electron chi connectivity index (χ3n) is 2.30. The summed E-state index contributed by atoms with van der Waals surface area (Å²) in [7, 11) is -1.56. The van der Waals surface area contributed by atoms with Gasteiger partial charge in [0.05, 0.1) is 11.1 Å². The second-order valence-corrected chi connectivity index (χ2v) is 3.21. The molecule has 15 heavy (non-hydrogen) atoms. The molecular weight excluding hydrogens is 195 g/mol. The van der Waals surface area contributed by atoms with E-state index in [0.29, 0.717) is 21.9 Å². The van der Waals surface area contributed by atoms with Crippen LogP contribution in [0.5, 0.6) is 0 Å². The molecule has 76 valence electrons. The van der Waals surface area contributed by atoms with Crippen molar-refractivity contribution >= 4 is 29.4 Å². The zero-order valence-corrected chi connectivity index (χ0v) is 7.77. The summed E-state index contributed by atoms with van der Waals surface area (Å²) in [6.07, 6.45) is 1.61. The zero-order valence-electron chi connectivity index (χ0n) is 7.77. The Labute approximate surface area is 85.7 Å². The van der Waals surface area contributed by atoms with Crippen LogP contribution in [-0.4, -0.2) is 28.1 Å². The number of primary amides is 1. The summed E-state index contributed by atoms with van der Waals surface area (Å²) in [6.45, 7) is 0. The minimum atomic E-state index is -1.56. The predicted molar refractivity (Wildman–Crippen MR) is 56.6 cm³/mol. The minimum Gasteiger partial charge on any atom is -0.423 e. The zero-order chi connectivity index (χ0) is 11.0. The molecule has 1 aromatic heterocycles. The number of hydrogen-bond acceptors (Lipinski definition) is 3. The SMILES string of the molecule is NC(=O)c1ccc(B(O)O)c2cc[nH]c12. The van der Waals surface area contributed by atoms with Crippen molar-refractivity contribution in [1.29, 1.82) is 0 Å². The number of carbonyl (C=O) groups is 1. The third kappa shape index (κ3) is 1.49. The van der Waals surface area contributed by atoms with Gasteiger partial charge in [0.25, 0.3) is 5.91 Å². The first-order valence-electron chi connectivity index (χ1n) is 4.37. The molecule has 0 saturated heterocycles. The molecule has 0 saturated carbocycles. The predicted octanol–water partition coefficient (Wildman–Crippen LogP) is -1.05. The van der Waals surface area contributed by atoms with Crippen molar-refractivity contribution in [3.8, 4) is 0 Å². The van der Waals surface area contributed by atoms with Gasteiger partial charge in [-0.25, -0.2) is 0 Å². The minimum absolute atomic E-state index is 0.333. The van der Waals surface area contributed by atoms with Crippen LogP contribution in [0.25, 0.3) is 10.9 Å². The maximum atomic E-state index is 11.1. The van der Waals surface area contributed by atoms with Crippen LogP contribution in [-0.2, 0) is 0 Å². The average Bonchev–Trinajstić information content (AvgIpc) is 2.63. The summed E-state index contributed by atoms with van der Waals surface area (Å²) in [5.74, 6) is -0.554. The van der Waals surface area contributed by atoms with Gasteiger partial charge >= 0.3 is 7.12 Å². The van der Waals surface area contributed by atoms with Crippen LogP contribution in [0.2, 0.25) is 0 Å². The van der Waals surface area contributed by atoms with E-state index in [1.54, 1.807) is 12.3 Å². The highest BCUT2D eigenvalue weighted by Crippen LogP contribution is 2.15. The fourth-order valence-electron chi connectivity index (χ4n) is 1.61. The monoisotopic (exact) mass is 204 g/mol. The van der Waals surface area contributed by atoms with Crippen LogP contribution >= 0.6 is 0 Å². The summed E-state index contributed by atoms with van der Waals surface area (Å²) in [5.41, 5.74) is 6.38. The van der Waals surface area contributed by atoms with Gasteiger partial charge in [-0.15, -0.1) is 0 Å². The Morgan fingerprint density at radius 2 is 2.07 bits per heavy atom. The van der Waals surface area contributed by atoms with Crippen LogP contribution in [0.15, 0.2) is 24.4 Å². The van der Waals surface area contributed by atoms with Gasteiger partial charge < -0.3 is 20.8 Å². The Balaban J connectivity index is 2.76. The molecule has 1 amide bonds. The smallest absolute Gasteiger partial charge is 0.423 e. The Morgan fingerprint density at radius 3 is 2.67 bits per heavy atom. The highest BCUT2D eigenvalue weighted by molar-refractivity contribution is 6.62. The number of nitrogens with two attached hydrogens (primary N) is 1. The molecule has 6 heteroatoms. The normalized spacial score (nSPS) is 10.5. The summed E-state index contributed by atoms with van der Waals surface area (Å²) < 4.78 is 0. The number of benzene rings is 1. The van der Waals surface area contributed by atoms with E-state index in [1.165, 1.54) is 12.1 Å². The van der Waals surface area contributed by atoms with Crippen molar-refractivity contribution in [1.82, 2.24) is 4.98 Å². The molecule has 0 aliphatic carbocycles. The molecule has 0 bridgehead atoms.